The lowest BCUT2D eigenvalue weighted by Crippen LogP contribution is -1.93. The predicted molar refractivity (Wildman–Crippen MR) is 70.5 cm³/mol. The van der Waals surface area contributed by atoms with Crippen LogP contribution in [0.1, 0.15) is 0 Å². The van der Waals surface area contributed by atoms with Gasteiger partial charge in [-0.1, -0.05) is 0 Å². The molecule has 6 nitrogen and oxygen atoms in total. The minimum atomic E-state index is -0.536. The summed E-state index contributed by atoms with van der Waals surface area (Å²) in [7, 11) is 0. The maximum Gasteiger partial charge on any atom is 0.270 e. The number of hydrogen-bond acceptors (Lipinski definition) is 5. The number of non-ortho nitro benzene ring substituents is 1. The Morgan fingerprint density at radius 3 is 2.80 bits per heavy atom. The van der Waals surface area contributed by atoms with Crippen LogP contribution >= 0.6 is 0 Å². The molecular formula is C13H8FN3O3. The molecule has 1 heterocycles. The van der Waals surface area contributed by atoms with Crippen molar-refractivity contribution in [3.05, 3.63) is 52.3 Å². The van der Waals surface area contributed by atoms with Crippen LogP contribution in [-0.4, -0.2) is 9.91 Å². The number of oxazole rings is 1. The highest BCUT2D eigenvalue weighted by Crippen LogP contribution is 2.31. The van der Waals surface area contributed by atoms with Crippen molar-refractivity contribution in [2.45, 2.75) is 0 Å². The van der Waals surface area contributed by atoms with Crippen molar-refractivity contribution in [3.8, 4) is 11.5 Å². The van der Waals surface area contributed by atoms with Crippen molar-refractivity contribution in [2.24, 2.45) is 0 Å². The molecule has 0 aliphatic rings. The minimum absolute atomic E-state index is 0.117. The molecule has 20 heavy (non-hydrogen) atoms. The van der Waals surface area contributed by atoms with Crippen LogP contribution in [0.2, 0.25) is 0 Å². The summed E-state index contributed by atoms with van der Waals surface area (Å²) < 4.78 is 18.5. The van der Waals surface area contributed by atoms with Gasteiger partial charge in [-0.2, -0.15) is 0 Å². The summed E-state index contributed by atoms with van der Waals surface area (Å²) in [6, 6.07) is 7.87. The second-order valence-electron chi connectivity index (χ2n) is 4.16. The van der Waals surface area contributed by atoms with Gasteiger partial charge in [0.2, 0.25) is 5.89 Å². The van der Waals surface area contributed by atoms with E-state index in [1.54, 1.807) is 0 Å². The molecule has 0 bridgehead atoms. The van der Waals surface area contributed by atoms with E-state index in [0.717, 1.165) is 0 Å². The number of hydrogen-bond donors (Lipinski definition) is 1. The van der Waals surface area contributed by atoms with Gasteiger partial charge in [-0.05, 0) is 18.2 Å². The van der Waals surface area contributed by atoms with Crippen LogP contribution in [0.4, 0.5) is 15.8 Å². The number of nitrogens with two attached hydrogens (primary N) is 1. The molecule has 7 heteroatoms. The van der Waals surface area contributed by atoms with Crippen molar-refractivity contribution >= 4 is 22.5 Å². The third-order valence-corrected chi connectivity index (χ3v) is 2.83. The number of nitro groups is 1. The zero-order valence-electron chi connectivity index (χ0n) is 10.0. The number of fused-ring (bicyclic) bond motifs is 1. The van der Waals surface area contributed by atoms with Gasteiger partial charge in [0.1, 0.15) is 11.3 Å². The molecule has 100 valence electrons. The van der Waals surface area contributed by atoms with Gasteiger partial charge in [-0.3, -0.25) is 10.1 Å². The topological polar surface area (TPSA) is 95.2 Å². The first kappa shape index (κ1) is 12.1. The standard InChI is InChI=1S/C13H8FN3O3/c14-7-1-4-12-11(5-7)16-13(20-12)9-6-8(17(18)19)2-3-10(9)15/h1-6H,15H2. The highest BCUT2D eigenvalue weighted by Gasteiger charge is 2.16. The number of halogens is 1. The van der Waals surface area contributed by atoms with E-state index in [1.165, 1.54) is 36.4 Å². The number of nitrogen functional groups attached to an aromatic ring is 1. The molecule has 2 aromatic carbocycles. The fraction of sp³-hybridized carbons (Fsp3) is 0. The van der Waals surface area contributed by atoms with E-state index in [4.69, 9.17) is 10.2 Å². The molecule has 0 radical (unpaired) electrons. The van der Waals surface area contributed by atoms with Gasteiger partial charge in [-0.25, -0.2) is 9.37 Å². The first-order valence-corrected chi connectivity index (χ1v) is 5.65. The van der Waals surface area contributed by atoms with E-state index in [9.17, 15) is 14.5 Å². The summed E-state index contributed by atoms with van der Waals surface area (Å²) in [5.74, 6) is -0.323. The summed E-state index contributed by atoms with van der Waals surface area (Å²) in [5.41, 5.74) is 6.96. The molecule has 1 aromatic heterocycles. The predicted octanol–water partition coefficient (Wildman–Crippen LogP) is 3.12. The first-order valence-electron chi connectivity index (χ1n) is 5.65. The smallest absolute Gasteiger partial charge is 0.270 e. The fourth-order valence-electron chi connectivity index (χ4n) is 1.86. The Morgan fingerprint density at radius 1 is 1.25 bits per heavy atom. The molecule has 0 aliphatic carbocycles. The van der Waals surface area contributed by atoms with Gasteiger partial charge in [-0.15, -0.1) is 0 Å². The summed E-state index contributed by atoms with van der Waals surface area (Å²) >= 11 is 0. The van der Waals surface area contributed by atoms with Gasteiger partial charge in [0.15, 0.2) is 5.58 Å². The van der Waals surface area contributed by atoms with E-state index in [0.29, 0.717) is 22.4 Å². The molecule has 0 saturated heterocycles. The minimum Gasteiger partial charge on any atom is -0.436 e. The van der Waals surface area contributed by atoms with Crippen molar-refractivity contribution in [2.75, 3.05) is 5.73 Å². The van der Waals surface area contributed by atoms with Crippen LogP contribution in [0.25, 0.3) is 22.6 Å². The SMILES string of the molecule is Nc1ccc([N+](=O)[O-])cc1-c1nc2cc(F)ccc2o1. The van der Waals surface area contributed by atoms with Gasteiger partial charge < -0.3 is 10.2 Å². The molecule has 3 aromatic rings. The summed E-state index contributed by atoms with van der Waals surface area (Å²) in [6.07, 6.45) is 0. The van der Waals surface area contributed by atoms with Crippen LogP contribution in [0.5, 0.6) is 0 Å². The third kappa shape index (κ3) is 1.95. The molecule has 0 aliphatic heterocycles. The van der Waals surface area contributed by atoms with Crippen LogP contribution in [-0.2, 0) is 0 Å². The second kappa shape index (κ2) is 4.30. The molecular weight excluding hydrogens is 265 g/mol. The average molecular weight is 273 g/mol. The maximum atomic E-state index is 13.1. The lowest BCUT2D eigenvalue weighted by atomic mass is 10.1. The zero-order valence-corrected chi connectivity index (χ0v) is 10.0. The second-order valence-corrected chi connectivity index (χ2v) is 4.16. The molecule has 2 N–H and O–H groups in total. The Hall–Kier alpha value is -2.96. The van der Waals surface area contributed by atoms with E-state index in [-0.39, 0.29) is 11.6 Å². The monoisotopic (exact) mass is 273 g/mol. The van der Waals surface area contributed by atoms with Crippen LogP contribution in [0.3, 0.4) is 0 Å². The summed E-state index contributed by atoms with van der Waals surface area (Å²) in [6.45, 7) is 0. The number of aromatic nitrogens is 1. The number of rotatable bonds is 2. The largest absolute Gasteiger partial charge is 0.436 e. The van der Waals surface area contributed by atoms with Crippen molar-refractivity contribution in [3.63, 3.8) is 0 Å². The summed E-state index contributed by atoms with van der Waals surface area (Å²) in [4.78, 5) is 14.3. The van der Waals surface area contributed by atoms with E-state index in [1.807, 2.05) is 0 Å². The van der Waals surface area contributed by atoms with Gasteiger partial charge in [0.05, 0.1) is 10.5 Å². The first-order chi connectivity index (χ1) is 9.54. The Balaban J connectivity index is 2.19. The number of nitrogens with zero attached hydrogens (tertiary/aromatic N) is 2. The van der Waals surface area contributed by atoms with Gasteiger partial charge >= 0.3 is 0 Å². The lowest BCUT2D eigenvalue weighted by molar-refractivity contribution is -0.384. The van der Waals surface area contributed by atoms with Crippen LogP contribution in [0.15, 0.2) is 40.8 Å². The molecule has 0 saturated carbocycles. The Kier molecular flexibility index (Phi) is 2.60. The maximum absolute atomic E-state index is 13.1. The molecule has 3 rings (SSSR count). The zero-order chi connectivity index (χ0) is 14.3. The Labute approximate surface area is 111 Å². The Morgan fingerprint density at radius 2 is 2.05 bits per heavy atom. The molecule has 0 spiro atoms. The van der Waals surface area contributed by atoms with Crippen molar-refractivity contribution in [1.29, 1.82) is 0 Å². The van der Waals surface area contributed by atoms with E-state index < -0.39 is 10.7 Å². The van der Waals surface area contributed by atoms with Crippen LogP contribution in [0, 0.1) is 15.9 Å². The molecule has 0 fully saturated rings. The summed E-state index contributed by atoms with van der Waals surface area (Å²) in [5, 5.41) is 10.8. The normalized spacial score (nSPS) is 10.8. The van der Waals surface area contributed by atoms with Gasteiger partial charge in [0, 0.05) is 23.9 Å². The number of anilines is 1. The number of nitro benzene ring substituents is 1. The highest BCUT2D eigenvalue weighted by atomic mass is 19.1. The van der Waals surface area contributed by atoms with Crippen LogP contribution < -0.4 is 5.73 Å². The molecule has 0 atom stereocenters. The quantitative estimate of drug-likeness (QED) is 0.439. The van der Waals surface area contributed by atoms with Gasteiger partial charge in [0.25, 0.3) is 5.69 Å². The van der Waals surface area contributed by atoms with Crippen molar-refractivity contribution < 1.29 is 13.7 Å². The number of benzene rings is 2. The van der Waals surface area contributed by atoms with E-state index in [2.05, 4.69) is 4.98 Å². The van der Waals surface area contributed by atoms with Crippen molar-refractivity contribution in [1.82, 2.24) is 4.98 Å². The fourth-order valence-corrected chi connectivity index (χ4v) is 1.86. The molecule has 0 unspecified atom stereocenters. The lowest BCUT2D eigenvalue weighted by Gasteiger charge is -2.00. The average Bonchev–Trinajstić information content (AvgIpc) is 2.81. The third-order valence-electron chi connectivity index (χ3n) is 2.83. The highest BCUT2D eigenvalue weighted by molar-refractivity contribution is 5.80. The van der Waals surface area contributed by atoms with E-state index >= 15 is 0 Å². The Bertz CT molecular complexity index is 829. The molecule has 0 amide bonds.